The van der Waals surface area contributed by atoms with Crippen LogP contribution < -0.4 is 10.9 Å². The molecule has 0 amide bonds. The Labute approximate surface area is 78.5 Å². The molecule has 0 bridgehead atoms. The lowest BCUT2D eigenvalue weighted by Gasteiger charge is -2.15. The number of carbonyl (C=O) groups is 1. The quantitative estimate of drug-likeness (QED) is 0.560. The monoisotopic (exact) mass is 202 g/mol. The first kappa shape index (κ1) is 10.4. The predicted octanol–water partition coefficient (Wildman–Crippen LogP) is 0.730. The van der Waals surface area contributed by atoms with Crippen LogP contribution in [0.1, 0.15) is 0 Å². The first-order chi connectivity index (χ1) is 6.50. The third kappa shape index (κ3) is 2.40. The summed E-state index contributed by atoms with van der Waals surface area (Å²) < 4.78 is 25.1. The van der Waals surface area contributed by atoms with Gasteiger partial charge in [0.1, 0.15) is 6.54 Å². The number of benzene rings is 1. The maximum Gasteiger partial charge on any atom is 0.324 e. The van der Waals surface area contributed by atoms with Crippen molar-refractivity contribution in [3.63, 3.8) is 0 Å². The smallest absolute Gasteiger partial charge is 0.324 e. The van der Waals surface area contributed by atoms with E-state index in [1.54, 1.807) is 0 Å². The molecular weight excluding hydrogens is 194 g/mol. The van der Waals surface area contributed by atoms with Crippen molar-refractivity contribution in [2.45, 2.75) is 0 Å². The minimum Gasteiger partial charge on any atom is -0.480 e. The van der Waals surface area contributed by atoms with Crippen molar-refractivity contribution >= 4 is 11.7 Å². The van der Waals surface area contributed by atoms with Gasteiger partial charge in [-0.15, -0.1) is 0 Å². The van der Waals surface area contributed by atoms with Gasteiger partial charge in [0.15, 0.2) is 11.6 Å². The molecule has 0 atom stereocenters. The molecular formula is C8H8F2N2O2. The average molecular weight is 202 g/mol. The Balaban J connectivity index is 2.85. The number of nitrogens with zero attached hydrogens (tertiary/aromatic N) is 1. The molecule has 0 saturated carbocycles. The Morgan fingerprint density at radius 2 is 2.07 bits per heavy atom. The molecule has 0 aromatic heterocycles. The van der Waals surface area contributed by atoms with Crippen molar-refractivity contribution in [1.29, 1.82) is 0 Å². The minimum atomic E-state index is -1.16. The zero-order valence-electron chi connectivity index (χ0n) is 7.08. The van der Waals surface area contributed by atoms with E-state index in [1.807, 2.05) is 0 Å². The van der Waals surface area contributed by atoms with E-state index in [0.717, 1.165) is 17.1 Å². The molecule has 0 aliphatic heterocycles. The third-order valence-electron chi connectivity index (χ3n) is 1.54. The van der Waals surface area contributed by atoms with Crippen molar-refractivity contribution in [2.24, 2.45) is 5.84 Å². The zero-order valence-corrected chi connectivity index (χ0v) is 7.08. The summed E-state index contributed by atoms with van der Waals surface area (Å²) >= 11 is 0. The Morgan fingerprint density at radius 3 is 2.57 bits per heavy atom. The van der Waals surface area contributed by atoms with Crippen LogP contribution in [-0.4, -0.2) is 17.6 Å². The van der Waals surface area contributed by atoms with E-state index < -0.39 is 24.1 Å². The summed E-state index contributed by atoms with van der Waals surface area (Å²) in [5.74, 6) is 2.05. The van der Waals surface area contributed by atoms with Gasteiger partial charge >= 0.3 is 5.97 Å². The van der Waals surface area contributed by atoms with Gasteiger partial charge in [-0.1, -0.05) is 0 Å². The maximum absolute atomic E-state index is 12.7. The van der Waals surface area contributed by atoms with Gasteiger partial charge in [0, 0.05) is 6.07 Å². The van der Waals surface area contributed by atoms with Gasteiger partial charge in [-0.2, -0.15) is 0 Å². The van der Waals surface area contributed by atoms with Gasteiger partial charge in [-0.3, -0.25) is 9.80 Å². The van der Waals surface area contributed by atoms with Crippen LogP contribution in [0.2, 0.25) is 0 Å². The zero-order chi connectivity index (χ0) is 10.7. The molecule has 1 aromatic carbocycles. The lowest BCUT2D eigenvalue weighted by atomic mass is 10.3. The van der Waals surface area contributed by atoms with Crippen LogP contribution in [-0.2, 0) is 4.79 Å². The molecule has 0 unspecified atom stereocenters. The van der Waals surface area contributed by atoms with Crippen molar-refractivity contribution in [1.82, 2.24) is 0 Å². The molecule has 6 heteroatoms. The molecule has 14 heavy (non-hydrogen) atoms. The average Bonchev–Trinajstić information content (AvgIpc) is 2.08. The fourth-order valence-corrected chi connectivity index (χ4v) is 0.901. The molecule has 3 N–H and O–H groups in total. The van der Waals surface area contributed by atoms with Crippen LogP contribution >= 0.6 is 0 Å². The standard InChI is InChI=1S/C8H8F2N2O2/c9-6-2-1-5(3-7(6)10)12(11)4-8(13)14/h1-3H,4,11H2,(H,13,14). The lowest BCUT2D eigenvalue weighted by Crippen LogP contribution is -2.36. The summed E-state index contributed by atoms with van der Waals surface area (Å²) in [6.45, 7) is -0.481. The fraction of sp³-hybridized carbons (Fsp3) is 0.125. The fourth-order valence-electron chi connectivity index (χ4n) is 0.901. The Kier molecular flexibility index (Phi) is 2.98. The number of anilines is 1. The Hall–Kier alpha value is -1.69. The van der Waals surface area contributed by atoms with Crippen molar-refractivity contribution in [3.05, 3.63) is 29.8 Å². The Morgan fingerprint density at radius 1 is 1.43 bits per heavy atom. The first-order valence-corrected chi connectivity index (χ1v) is 3.70. The summed E-state index contributed by atoms with van der Waals surface area (Å²) in [5.41, 5.74) is 0.103. The molecule has 0 aliphatic carbocycles. The summed E-state index contributed by atoms with van der Waals surface area (Å²) in [6.07, 6.45) is 0. The summed E-state index contributed by atoms with van der Waals surface area (Å²) in [4.78, 5) is 10.2. The van der Waals surface area contributed by atoms with Gasteiger partial charge in [0.25, 0.3) is 0 Å². The van der Waals surface area contributed by atoms with Gasteiger partial charge in [-0.25, -0.2) is 14.6 Å². The number of nitrogens with two attached hydrogens (primary N) is 1. The molecule has 4 nitrogen and oxygen atoms in total. The van der Waals surface area contributed by atoms with Crippen molar-refractivity contribution < 1.29 is 18.7 Å². The normalized spacial score (nSPS) is 9.93. The van der Waals surface area contributed by atoms with Crippen LogP contribution in [0.15, 0.2) is 18.2 Å². The molecule has 0 saturated heterocycles. The topological polar surface area (TPSA) is 66.6 Å². The molecule has 76 valence electrons. The number of halogens is 2. The molecule has 0 fully saturated rings. The van der Waals surface area contributed by atoms with Crippen LogP contribution in [0, 0.1) is 11.6 Å². The molecule has 0 aliphatic rings. The molecule has 0 radical (unpaired) electrons. The van der Waals surface area contributed by atoms with Gasteiger partial charge in [0.05, 0.1) is 5.69 Å². The van der Waals surface area contributed by atoms with Crippen molar-refractivity contribution in [2.75, 3.05) is 11.6 Å². The van der Waals surface area contributed by atoms with Crippen molar-refractivity contribution in [3.8, 4) is 0 Å². The minimum absolute atomic E-state index is 0.103. The van der Waals surface area contributed by atoms with E-state index in [0.29, 0.717) is 0 Å². The molecule has 0 spiro atoms. The Bertz CT molecular complexity index is 357. The third-order valence-corrected chi connectivity index (χ3v) is 1.54. The number of aliphatic carboxylic acids is 1. The summed E-state index contributed by atoms with van der Waals surface area (Å²) in [5, 5.41) is 9.19. The highest BCUT2D eigenvalue weighted by Gasteiger charge is 2.09. The number of rotatable bonds is 3. The van der Waals surface area contributed by atoms with E-state index in [2.05, 4.69) is 0 Å². The molecule has 0 heterocycles. The number of hydrogen-bond donors (Lipinski definition) is 2. The largest absolute Gasteiger partial charge is 0.480 e. The van der Waals surface area contributed by atoms with Crippen LogP contribution in [0.4, 0.5) is 14.5 Å². The molecule has 1 rings (SSSR count). The number of carboxylic acids is 1. The van der Waals surface area contributed by atoms with E-state index in [9.17, 15) is 13.6 Å². The first-order valence-electron chi connectivity index (χ1n) is 3.70. The van der Waals surface area contributed by atoms with Crippen LogP contribution in [0.3, 0.4) is 0 Å². The summed E-state index contributed by atoms with van der Waals surface area (Å²) in [6, 6.07) is 2.91. The molecule has 1 aromatic rings. The lowest BCUT2D eigenvalue weighted by molar-refractivity contribution is -0.135. The van der Waals surface area contributed by atoms with Gasteiger partial charge < -0.3 is 5.11 Å². The highest BCUT2D eigenvalue weighted by atomic mass is 19.2. The van der Waals surface area contributed by atoms with E-state index in [-0.39, 0.29) is 5.69 Å². The van der Waals surface area contributed by atoms with Gasteiger partial charge in [0.2, 0.25) is 0 Å². The second-order valence-corrected chi connectivity index (χ2v) is 2.62. The second-order valence-electron chi connectivity index (χ2n) is 2.62. The van der Waals surface area contributed by atoms with Crippen LogP contribution in [0.5, 0.6) is 0 Å². The van der Waals surface area contributed by atoms with Gasteiger partial charge in [-0.05, 0) is 12.1 Å². The summed E-state index contributed by atoms with van der Waals surface area (Å²) in [7, 11) is 0. The van der Waals surface area contributed by atoms with E-state index in [4.69, 9.17) is 10.9 Å². The second kappa shape index (κ2) is 4.01. The van der Waals surface area contributed by atoms with E-state index in [1.165, 1.54) is 6.07 Å². The maximum atomic E-state index is 12.7. The predicted molar refractivity (Wildman–Crippen MR) is 45.5 cm³/mol. The SMILES string of the molecule is NN(CC(=O)O)c1ccc(F)c(F)c1. The highest BCUT2D eigenvalue weighted by Crippen LogP contribution is 2.15. The van der Waals surface area contributed by atoms with Crippen LogP contribution in [0.25, 0.3) is 0 Å². The number of hydrogen-bond acceptors (Lipinski definition) is 3. The van der Waals surface area contributed by atoms with E-state index >= 15 is 0 Å². The number of hydrazine groups is 1. The highest BCUT2D eigenvalue weighted by molar-refractivity contribution is 5.73. The number of carboxylic acid groups (broad SMARTS) is 1.